The van der Waals surface area contributed by atoms with E-state index in [1.807, 2.05) is 17.8 Å². The lowest BCUT2D eigenvalue weighted by molar-refractivity contribution is 0.220. The van der Waals surface area contributed by atoms with E-state index in [2.05, 4.69) is 21.2 Å². The average Bonchev–Trinajstić information content (AvgIpc) is 3.36. The molecule has 0 spiro atoms. The van der Waals surface area contributed by atoms with Gasteiger partial charge in [-0.05, 0) is 56.5 Å². The molecule has 0 aliphatic carbocycles. The quantitative estimate of drug-likeness (QED) is 0.814. The standard InChI is InChI=1S/C19H24FN3OS/c1-25-19-13-22(12-18(19)23-8-2-3-9-23)11-16-10-17(21-24-16)14-4-6-15(20)7-5-14/h4-7,10,18-19H,2-3,8-9,11-13H2,1H3/t18-,19-/m1/s1. The fourth-order valence-electron chi connectivity index (χ4n) is 3.98. The van der Waals surface area contributed by atoms with Gasteiger partial charge in [-0.15, -0.1) is 0 Å². The van der Waals surface area contributed by atoms with Gasteiger partial charge in [-0.3, -0.25) is 9.80 Å². The third kappa shape index (κ3) is 3.76. The summed E-state index contributed by atoms with van der Waals surface area (Å²) in [4.78, 5) is 5.13. The molecule has 4 nitrogen and oxygen atoms in total. The minimum Gasteiger partial charge on any atom is -0.359 e. The van der Waals surface area contributed by atoms with Gasteiger partial charge in [-0.25, -0.2) is 4.39 Å². The summed E-state index contributed by atoms with van der Waals surface area (Å²) in [5, 5.41) is 4.82. The zero-order valence-electron chi connectivity index (χ0n) is 14.5. The number of hydrogen-bond donors (Lipinski definition) is 0. The number of halogens is 1. The van der Waals surface area contributed by atoms with Gasteiger partial charge in [0.2, 0.25) is 0 Å². The molecule has 4 rings (SSSR count). The molecule has 134 valence electrons. The number of likely N-dealkylation sites (tertiary alicyclic amines) is 2. The first kappa shape index (κ1) is 17.1. The molecule has 2 aliphatic heterocycles. The van der Waals surface area contributed by atoms with Crippen LogP contribution in [-0.4, -0.2) is 58.7 Å². The fraction of sp³-hybridized carbons (Fsp3) is 0.526. The number of hydrogen-bond acceptors (Lipinski definition) is 5. The summed E-state index contributed by atoms with van der Waals surface area (Å²) in [6.07, 6.45) is 4.89. The van der Waals surface area contributed by atoms with E-state index in [1.54, 1.807) is 12.1 Å². The van der Waals surface area contributed by atoms with Crippen LogP contribution in [0.15, 0.2) is 34.9 Å². The summed E-state index contributed by atoms with van der Waals surface area (Å²) >= 11 is 1.98. The topological polar surface area (TPSA) is 32.5 Å². The number of rotatable bonds is 5. The SMILES string of the molecule is CS[C@@H]1CN(Cc2cc(-c3ccc(F)cc3)no2)C[C@H]1N1CCCC1. The molecule has 2 aliphatic rings. The van der Waals surface area contributed by atoms with Gasteiger partial charge >= 0.3 is 0 Å². The molecule has 0 amide bonds. The molecule has 1 aromatic heterocycles. The second kappa shape index (κ2) is 7.48. The van der Waals surface area contributed by atoms with Crippen molar-refractivity contribution < 1.29 is 8.91 Å². The van der Waals surface area contributed by atoms with Crippen molar-refractivity contribution in [3.8, 4) is 11.3 Å². The molecule has 0 radical (unpaired) electrons. The predicted octanol–water partition coefficient (Wildman–Crippen LogP) is 3.49. The lowest BCUT2D eigenvalue weighted by Crippen LogP contribution is -2.40. The molecule has 2 fully saturated rings. The largest absolute Gasteiger partial charge is 0.359 e. The van der Waals surface area contributed by atoms with Crippen LogP contribution in [0, 0.1) is 5.82 Å². The van der Waals surface area contributed by atoms with Crippen LogP contribution in [0.25, 0.3) is 11.3 Å². The Morgan fingerprint density at radius 1 is 1.20 bits per heavy atom. The molecule has 0 unspecified atom stereocenters. The smallest absolute Gasteiger partial charge is 0.151 e. The van der Waals surface area contributed by atoms with Gasteiger partial charge in [0.05, 0.1) is 6.54 Å². The van der Waals surface area contributed by atoms with Crippen molar-refractivity contribution in [2.24, 2.45) is 0 Å². The third-order valence-electron chi connectivity index (χ3n) is 5.30. The van der Waals surface area contributed by atoms with Crippen molar-refractivity contribution in [2.75, 3.05) is 32.4 Å². The Morgan fingerprint density at radius 2 is 1.96 bits per heavy atom. The monoisotopic (exact) mass is 361 g/mol. The Morgan fingerprint density at radius 3 is 2.68 bits per heavy atom. The van der Waals surface area contributed by atoms with E-state index >= 15 is 0 Å². The molecule has 2 aromatic rings. The van der Waals surface area contributed by atoms with E-state index in [4.69, 9.17) is 4.52 Å². The van der Waals surface area contributed by atoms with Crippen molar-refractivity contribution in [2.45, 2.75) is 30.7 Å². The van der Waals surface area contributed by atoms with Crippen molar-refractivity contribution in [1.82, 2.24) is 15.0 Å². The lowest BCUT2D eigenvalue weighted by Gasteiger charge is -2.27. The maximum Gasteiger partial charge on any atom is 0.151 e. The van der Waals surface area contributed by atoms with E-state index in [-0.39, 0.29) is 5.82 Å². The second-order valence-corrected chi connectivity index (χ2v) is 8.04. The number of aromatic nitrogens is 1. The maximum atomic E-state index is 13.1. The van der Waals surface area contributed by atoms with Gasteiger partial charge in [0.1, 0.15) is 11.5 Å². The molecule has 0 N–H and O–H groups in total. The van der Waals surface area contributed by atoms with Crippen molar-refractivity contribution in [1.29, 1.82) is 0 Å². The fourth-order valence-corrected chi connectivity index (χ4v) is 4.91. The molecule has 25 heavy (non-hydrogen) atoms. The maximum absolute atomic E-state index is 13.1. The Kier molecular flexibility index (Phi) is 5.10. The van der Waals surface area contributed by atoms with Gasteiger partial charge in [0.25, 0.3) is 0 Å². The molecule has 3 heterocycles. The summed E-state index contributed by atoms with van der Waals surface area (Å²) in [7, 11) is 0. The molecule has 0 bridgehead atoms. The Balaban J connectivity index is 1.41. The first-order valence-corrected chi connectivity index (χ1v) is 10.2. The summed E-state index contributed by atoms with van der Waals surface area (Å²) in [6, 6.07) is 9.00. The van der Waals surface area contributed by atoms with Crippen molar-refractivity contribution in [3.63, 3.8) is 0 Å². The van der Waals surface area contributed by atoms with Crippen LogP contribution in [0.1, 0.15) is 18.6 Å². The molecular weight excluding hydrogens is 337 g/mol. The predicted molar refractivity (Wildman–Crippen MR) is 99.1 cm³/mol. The zero-order chi connectivity index (χ0) is 17.2. The molecule has 2 saturated heterocycles. The summed E-state index contributed by atoms with van der Waals surface area (Å²) in [5.74, 6) is 0.641. The highest BCUT2D eigenvalue weighted by molar-refractivity contribution is 7.99. The van der Waals surface area contributed by atoms with Crippen LogP contribution in [-0.2, 0) is 6.54 Å². The van der Waals surface area contributed by atoms with Crippen molar-refractivity contribution >= 4 is 11.8 Å². The Labute approximate surface area is 152 Å². The average molecular weight is 361 g/mol. The van der Waals surface area contributed by atoms with Crippen LogP contribution < -0.4 is 0 Å². The highest BCUT2D eigenvalue weighted by atomic mass is 32.2. The van der Waals surface area contributed by atoms with E-state index in [1.165, 1.54) is 38.1 Å². The normalized spacial score (nSPS) is 25.0. The number of nitrogens with zero attached hydrogens (tertiary/aromatic N) is 3. The summed E-state index contributed by atoms with van der Waals surface area (Å²) in [6.45, 7) is 5.46. The molecule has 2 atom stereocenters. The van der Waals surface area contributed by atoms with E-state index in [0.717, 1.165) is 36.7 Å². The van der Waals surface area contributed by atoms with Crippen LogP contribution in [0.3, 0.4) is 0 Å². The minimum absolute atomic E-state index is 0.236. The number of benzene rings is 1. The summed E-state index contributed by atoms with van der Waals surface area (Å²) < 4.78 is 18.6. The first-order valence-electron chi connectivity index (χ1n) is 8.93. The minimum atomic E-state index is -0.236. The Bertz CT molecular complexity index is 699. The van der Waals surface area contributed by atoms with Crippen LogP contribution in [0.2, 0.25) is 0 Å². The number of thioether (sulfide) groups is 1. The van der Waals surface area contributed by atoms with Crippen LogP contribution in [0.4, 0.5) is 4.39 Å². The molecular formula is C19H24FN3OS. The van der Waals surface area contributed by atoms with Crippen LogP contribution in [0.5, 0.6) is 0 Å². The highest BCUT2D eigenvalue weighted by Crippen LogP contribution is 2.29. The van der Waals surface area contributed by atoms with Crippen molar-refractivity contribution in [3.05, 3.63) is 41.9 Å². The van der Waals surface area contributed by atoms with Gasteiger partial charge in [0, 0.05) is 36.0 Å². The highest BCUT2D eigenvalue weighted by Gasteiger charge is 2.37. The van der Waals surface area contributed by atoms with Gasteiger partial charge in [-0.2, -0.15) is 11.8 Å². The summed E-state index contributed by atoms with van der Waals surface area (Å²) in [5.41, 5.74) is 1.65. The second-order valence-electron chi connectivity index (χ2n) is 6.96. The zero-order valence-corrected chi connectivity index (χ0v) is 15.3. The van der Waals surface area contributed by atoms with E-state index < -0.39 is 0 Å². The molecule has 6 heteroatoms. The van der Waals surface area contributed by atoms with Gasteiger partial charge in [0.15, 0.2) is 5.76 Å². The molecule has 0 saturated carbocycles. The van der Waals surface area contributed by atoms with E-state index in [9.17, 15) is 4.39 Å². The van der Waals surface area contributed by atoms with Crippen LogP contribution >= 0.6 is 11.8 Å². The van der Waals surface area contributed by atoms with Gasteiger partial charge in [-0.1, -0.05) is 5.16 Å². The van der Waals surface area contributed by atoms with E-state index in [0.29, 0.717) is 11.3 Å². The third-order valence-corrected chi connectivity index (χ3v) is 6.37. The molecule has 1 aromatic carbocycles. The first-order chi connectivity index (χ1) is 12.2. The van der Waals surface area contributed by atoms with Gasteiger partial charge < -0.3 is 4.52 Å². The Hall–Kier alpha value is -1.37. The lowest BCUT2D eigenvalue weighted by atomic mass is 10.1.